The average Bonchev–Trinajstić information content (AvgIpc) is 2.80. The van der Waals surface area contributed by atoms with Crippen LogP contribution < -0.4 is 10.6 Å². The molecule has 0 aliphatic rings. The number of carboxylic acid groups (broad SMARTS) is 1. The molecule has 0 bridgehead atoms. The highest BCUT2D eigenvalue weighted by Crippen LogP contribution is 2.31. The average molecular weight is 518 g/mol. The molecule has 0 radical (unpaired) electrons. The molecule has 206 valence electrons. The van der Waals surface area contributed by atoms with Crippen molar-refractivity contribution in [3.05, 3.63) is 47.5 Å². The third-order valence-electron chi connectivity index (χ3n) is 6.51. The van der Waals surface area contributed by atoms with Gasteiger partial charge in [-0.25, -0.2) is 9.59 Å². The van der Waals surface area contributed by atoms with E-state index >= 15 is 0 Å². The van der Waals surface area contributed by atoms with Gasteiger partial charge in [0, 0.05) is 18.0 Å². The molecule has 0 spiro atoms. The molecule has 1 rings (SSSR count). The summed E-state index contributed by atoms with van der Waals surface area (Å²) < 4.78 is 4.90. The molecule has 0 unspecified atom stereocenters. The summed E-state index contributed by atoms with van der Waals surface area (Å²) >= 11 is 0. The van der Waals surface area contributed by atoms with E-state index in [9.17, 15) is 24.3 Å². The number of methoxy groups -OCH3 is 1. The Morgan fingerprint density at radius 2 is 1.51 bits per heavy atom. The number of carbonyl (C=O) groups is 4. The number of nitrogens with one attached hydrogen (secondary N) is 2. The molecule has 0 saturated carbocycles. The predicted octanol–water partition coefficient (Wildman–Crippen LogP) is 3.73. The summed E-state index contributed by atoms with van der Waals surface area (Å²) in [6.07, 6.45) is 0.814. The first-order valence-corrected chi connectivity index (χ1v) is 12.3. The number of ether oxygens (including phenoxy) is 1. The summed E-state index contributed by atoms with van der Waals surface area (Å²) in [7, 11) is 2.73. The molecule has 3 N–H and O–H groups in total. The number of likely N-dealkylation sites (N-methyl/N-ethyl adjacent to an activating group) is 1. The smallest absolute Gasteiger partial charge is 0.409 e. The third-order valence-corrected chi connectivity index (χ3v) is 6.51. The highest BCUT2D eigenvalue weighted by atomic mass is 16.5. The Labute approximate surface area is 220 Å². The molecule has 0 aliphatic heterocycles. The molecular formula is C28H43N3O6. The number of amides is 3. The topological polar surface area (TPSA) is 125 Å². The first-order valence-electron chi connectivity index (χ1n) is 12.3. The van der Waals surface area contributed by atoms with Gasteiger partial charge in [0.25, 0.3) is 0 Å². The molecule has 1 aromatic carbocycles. The Morgan fingerprint density at radius 1 is 0.973 bits per heavy atom. The summed E-state index contributed by atoms with van der Waals surface area (Å²) in [5, 5.41) is 15.0. The van der Waals surface area contributed by atoms with Crippen LogP contribution in [0.25, 0.3) is 0 Å². The number of aliphatic carboxylic acids is 1. The minimum atomic E-state index is -1.07. The lowest BCUT2D eigenvalue weighted by molar-refractivity contribution is -0.135. The number of nitrogens with zero attached hydrogens (tertiary/aromatic N) is 1. The standard InChI is InChI=1S/C28H43N3O6/c1-17(2)20(16-18(3)25(34)35)29-23(32)21(27(4,5)6)30-24(33)22(31(9)26(36)37-10)28(7,8)19-14-12-11-13-15-19/h11-17,20-22H,1-10H3,(H,29,32)(H,30,33)(H,34,35)/b18-16+/t20-,21-,22-/m1/s1. The largest absolute Gasteiger partial charge is 0.478 e. The van der Waals surface area contributed by atoms with Crippen molar-refractivity contribution in [1.82, 2.24) is 15.5 Å². The zero-order valence-electron chi connectivity index (χ0n) is 23.7. The lowest BCUT2D eigenvalue weighted by Gasteiger charge is -2.41. The Kier molecular flexibility index (Phi) is 10.9. The monoisotopic (exact) mass is 517 g/mol. The fourth-order valence-corrected chi connectivity index (χ4v) is 4.15. The number of hydrogen-bond donors (Lipinski definition) is 3. The molecule has 0 heterocycles. The molecule has 37 heavy (non-hydrogen) atoms. The molecule has 0 saturated heterocycles. The molecule has 0 aliphatic carbocycles. The van der Waals surface area contributed by atoms with E-state index in [2.05, 4.69) is 10.6 Å². The Hall–Kier alpha value is -3.36. The van der Waals surface area contributed by atoms with Gasteiger partial charge >= 0.3 is 12.1 Å². The molecular weight excluding hydrogens is 474 g/mol. The Morgan fingerprint density at radius 3 is 1.95 bits per heavy atom. The van der Waals surface area contributed by atoms with Crippen molar-refractivity contribution in [3.8, 4) is 0 Å². The molecule has 3 atom stereocenters. The van der Waals surface area contributed by atoms with E-state index in [0.717, 1.165) is 5.56 Å². The first-order chi connectivity index (χ1) is 16.9. The normalized spacial score (nSPS) is 14.8. The first kappa shape index (κ1) is 31.7. The van der Waals surface area contributed by atoms with E-state index in [-0.39, 0.29) is 11.5 Å². The van der Waals surface area contributed by atoms with Crippen LogP contribution >= 0.6 is 0 Å². The highest BCUT2D eigenvalue weighted by molar-refractivity contribution is 5.93. The van der Waals surface area contributed by atoms with Crippen LogP contribution in [0.3, 0.4) is 0 Å². The van der Waals surface area contributed by atoms with Gasteiger partial charge in [-0.05, 0) is 23.8 Å². The molecule has 9 heteroatoms. The van der Waals surface area contributed by atoms with E-state index in [1.165, 1.54) is 32.1 Å². The van der Waals surface area contributed by atoms with Gasteiger partial charge in [-0.15, -0.1) is 0 Å². The van der Waals surface area contributed by atoms with Crippen LogP contribution in [0.15, 0.2) is 42.0 Å². The van der Waals surface area contributed by atoms with Crippen LogP contribution in [0.2, 0.25) is 0 Å². The third kappa shape index (κ3) is 8.33. The second kappa shape index (κ2) is 12.7. The van der Waals surface area contributed by atoms with Gasteiger partial charge in [0.2, 0.25) is 11.8 Å². The minimum absolute atomic E-state index is 0.0928. The Balaban J connectivity index is 3.42. The van der Waals surface area contributed by atoms with Gasteiger partial charge in [-0.3, -0.25) is 14.5 Å². The lowest BCUT2D eigenvalue weighted by Crippen LogP contribution is -2.62. The minimum Gasteiger partial charge on any atom is -0.478 e. The fourth-order valence-electron chi connectivity index (χ4n) is 4.15. The molecule has 9 nitrogen and oxygen atoms in total. The van der Waals surface area contributed by atoms with Crippen molar-refractivity contribution in [3.63, 3.8) is 0 Å². The van der Waals surface area contributed by atoms with Crippen LogP contribution in [0.4, 0.5) is 4.79 Å². The quantitative estimate of drug-likeness (QED) is 0.406. The van der Waals surface area contributed by atoms with E-state index in [4.69, 9.17) is 4.74 Å². The van der Waals surface area contributed by atoms with E-state index in [0.29, 0.717) is 0 Å². The van der Waals surface area contributed by atoms with Crippen LogP contribution in [0.1, 0.15) is 61.0 Å². The second-order valence-electron chi connectivity index (χ2n) is 11.3. The van der Waals surface area contributed by atoms with Gasteiger partial charge in [-0.2, -0.15) is 0 Å². The van der Waals surface area contributed by atoms with Crippen molar-refractivity contribution in [1.29, 1.82) is 0 Å². The summed E-state index contributed by atoms with van der Waals surface area (Å²) in [6.45, 7) is 14.4. The summed E-state index contributed by atoms with van der Waals surface area (Å²) in [5.41, 5.74) is -0.593. The van der Waals surface area contributed by atoms with Gasteiger partial charge in [0.15, 0.2) is 0 Å². The van der Waals surface area contributed by atoms with Gasteiger partial charge < -0.3 is 20.5 Å². The SMILES string of the molecule is COC(=O)N(C)[C@H](C(=O)N[C@H](C(=O)N[C@H](/C=C(\C)C(=O)O)C(C)C)C(C)(C)C)C(C)(C)c1ccccc1. The highest BCUT2D eigenvalue weighted by Gasteiger charge is 2.44. The molecule has 0 fully saturated rings. The number of hydrogen-bond acceptors (Lipinski definition) is 5. The number of carboxylic acids is 1. The second-order valence-corrected chi connectivity index (χ2v) is 11.3. The van der Waals surface area contributed by atoms with Crippen LogP contribution in [0, 0.1) is 11.3 Å². The number of carbonyl (C=O) groups excluding carboxylic acids is 3. The molecule has 3 amide bonds. The van der Waals surface area contributed by atoms with Crippen molar-refractivity contribution in [2.75, 3.05) is 14.2 Å². The maximum Gasteiger partial charge on any atom is 0.409 e. The van der Waals surface area contributed by atoms with Crippen LogP contribution in [0.5, 0.6) is 0 Å². The maximum atomic E-state index is 13.8. The zero-order chi connectivity index (χ0) is 28.7. The van der Waals surface area contributed by atoms with Crippen molar-refractivity contribution < 1.29 is 29.0 Å². The summed E-state index contributed by atoms with van der Waals surface area (Å²) in [6, 6.07) is 6.80. The van der Waals surface area contributed by atoms with Crippen LogP contribution in [-0.2, 0) is 24.5 Å². The number of benzene rings is 1. The van der Waals surface area contributed by atoms with E-state index in [1.807, 2.05) is 78.8 Å². The van der Waals surface area contributed by atoms with Crippen molar-refractivity contribution >= 4 is 23.9 Å². The molecule has 1 aromatic rings. The van der Waals surface area contributed by atoms with E-state index < -0.39 is 52.8 Å². The Bertz CT molecular complexity index is 995. The number of rotatable bonds is 10. The van der Waals surface area contributed by atoms with E-state index in [1.54, 1.807) is 0 Å². The summed E-state index contributed by atoms with van der Waals surface area (Å²) in [4.78, 5) is 52.4. The van der Waals surface area contributed by atoms with Gasteiger partial charge in [0.1, 0.15) is 12.1 Å². The van der Waals surface area contributed by atoms with Gasteiger partial charge in [-0.1, -0.05) is 84.9 Å². The lowest BCUT2D eigenvalue weighted by atomic mass is 9.76. The van der Waals surface area contributed by atoms with Crippen LogP contribution in [-0.4, -0.2) is 66.2 Å². The van der Waals surface area contributed by atoms with Gasteiger partial charge in [0.05, 0.1) is 13.2 Å². The molecule has 0 aromatic heterocycles. The predicted molar refractivity (Wildman–Crippen MR) is 143 cm³/mol. The maximum absolute atomic E-state index is 13.8. The fraction of sp³-hybridized carbons (Fsp3) is 0.571. The van der Waals surface area contributed by atoms with Crippen molar-refractivity contribution in [2.45, 2.75) is 78.9 Å². The zero-order valence-corrected chi connectivity index (χ0v) is 23.7. The van der Waals surface area contributed by atoms with Crippen molar-refractivity contribution in [2.24, 2.45) is 11.3 Å². The summed E-state index contributed by atoms with van der Waals surface area (Å²) in [5.74, 6) is -2.14.